The number of nitrogens with one attached hydrogen (secondary N) is 1. The molecule has 1 aliphatic heterocycles. The molecule has 1 N–H and O–H groups in total. The van der Waals surface area contributed by atoms with Gasteiger partial charge in [-0.15, -0.1) is 24.0 Å². The van der Waals surface area contributed by atoms with Crippen molar-refractivity contribution in [1.82, 2.24) is 14.5 Å². The highest BCUT2D eigenvalue weighted by atomic mass is 127. The van der Waals surface area contributed by atoms with E-state index in [9.17, 15) is 8.42 Å². The summed E-state index contributed by atoms with van der Waals surface area (Å²) >= 11 is 0. The van der Waals surface area contributed by atoms with Crippen molar-refractivity contribution in [2.75, 3.05) is 46.0 Å². The van der Waals surface area contributed by atoms with Crippen LogP contribution in [0.25, 0.3) is 0 Å². The number of guanidine groups is 1. The van der Waals surface area contributed by atoms with Gasteiger partial charge in [0.1, 0.15) is 0 Å². The Morgan fingerprint density at radius 3 is 2.48 bits per heavy atom. The first kappa shape index (κ1) is 21.0. The van der Waals surface area contributed by atoms with E-state index in [-0.39, 0.29) is 24.0 Å². The van der Waals surface area contributed by atoms with Gasteiger partial charge in [0.15, 0.2) is 5.96 Å². The maximum Gasteiger partial charge on any atom is 0.211 e. The molecule has 2 aliphatic rings. The average molecular weight is 458 g/mol. The van der Waals surface area contributed by atoms with Crippen LogP contribution < -0.4 is 5.32 Å². The third kappa shape index (κ3) is 5.45. The van der Waals surface area contributed by atoms with E-state index < -0.39 is 10.0 Å². The highest BCUT2D eigenvalue weighted by Gasteiger charge is 2.43. The van der Waals surface area contributed by atoms with E-state index in [4.69, 9.17) is 0 Å². The van der Waals surface area contributed by atoms with Crippen LogP contribution >= 0.6 is 24.0 Å². The van der Waals surface area contributed by atoms with Gasteiger partial charge < -0.3 is 10.2 Å². The van der Waals surface area contributed by atoms with Crippen molar-refractivity contribution < 1.29 is 8.42 Å². The molecule has 1 aliphatic carbocycles. The minimum Gasteiger partial charge on any atom is -0.356 e. The molecule has 6 nitrogen and oxygen atoms in total. The van der Waals surface area contributed by atoms with Crippen molar-refractivity contribution in [2.24, 2.45) is 10.4 Å². The van der Waals surface area contributed by atoms with Crippen LogP contribution in [0, 0.1) is 5.41 Å². The summed E-state index contributed by atoms with van der Waals surface area (Å²) in [6, 6.07) is 0. The van der Waals surface area contributed by atoms with Gasteiger partial charge in [-0.1, -0.05) is 13.3 Å². The molecular weight excluding hydrogens is 427 g/mol. The standard InChI is InChI=1S/C15H30N4O2S.HI/c1-4-19(22(3,20)21)11-6-10-17-14(16-2)18-12-9-15(13-18)7-5-8-15;/h4-13H2,1-3H3,(H,16,17);1H. The molecular formula is C15H31IN4O2S. The second-order valence-corrected chi connectivity index (χ2v) is 8.59. The van der Waals surface area contributed by atoms with E-state index in [1.54, 1.807) is 0 Å². The van der Waals surface area contributed by atoms with Gasteiger partial charge in [0.05, 0.1) is 6.26 Å². The van der Waals surface area contributed by atoms with E-state index in [0.717, 1.165) is 32.0 Å². The zero-order chi connectivity index (χ0) is 16.2. The molecule has 1 heterocycles. The van der Waals surface area contributed by atoms with Gasteiger partial charge >= 0.3 is 0 Å². The zero-order valence-electron chi connectivity index (χ0n) is 14.5. The molecule has 23 heavy (non-hydrogen) atoms. The molecule has 0 unspecified atom stereocenters. The number of aliphatic imine (C=N–C) groups is 1. The first-order chi connectivity index (χ1) is 10.4. The fourth-order valence-corrected chi connectivity index (χ4v) is 4.48. The summed E-state index contributed by atoms with van der Waals surface area (Å²) in [7, 11) is -1.26. The molecule has 0 amide bonds. The minimum absolute atomic E-state index is 0. The van der Waals surface area contributed by atoms with Crippen molar-refractivity contribution in [2.45, 2.75) is 39.0 Å². The van der Waals surface area contributed by atoms with E-state index >= 15 is 0 Å². The molecule has 0 bridgehead atoms. The molecule has 0 aromatic rings. The molecule has 2 rings (SSSR count). The van der Waals surface area contributed by atoms with Gasteiger partial charge in [-0.2, -0.15) is 0 Å². The van der Waals surface area contributed by atoms with E-state index in [1.165, 1.54) is 36.2 Å². The van der Waals surface area contributed by atoms with Crippen LogP contribution in [-0.2, 0) is 10.0 Å². The molecule has 0 aromatic carbocycles. The fourth-order valence-electron chi connectivity index (χ4n) is 3.55. The molecule has 8 heteroatoms. The van der Waals surface area contributed by atoms with E-state index in [0.29, 0.717) is 18.5 Å². The lowest BCUT2D eigenvalue weighted by molar-refractivity contribution is 0.151. The molecule has 2 fully saturated rings. The monoisotopic (exact) mass is 458 g/mol. The van der Waals surface area contributed by atoms with Crippen LogP contribution in [-0.4, -0.2) is 69.6 Å². The average Bonchev–Trinajstić information content (AvgIpc) is 2.87. The van der Waals surface area contributed by atoms with Crippen molar-refractivity contribution in [1.29, 1.82) is 0 Å². The fraction of sp³-hybridized carbons (Fsp3) is 0.933. The number of likely N-dealkylation sites (tertiary alicyclic amines) is 1. The minimum atomic E-state index is -3.08. The molecule has 0 atom stereocenters. The zero-order valence-corrected chi connectivity index (χ0v) is 17.7. The number of halogens is 1. The third-order valence-corrected chi connectivity index (χ3v) is 6.43. The number of rotatable bonds is 6. The lowest BCUT2D eigenvalue weighted by Gasteiger charge is -2.38. The summed E-state index contributed by atoms with van der Waals surface area (Å²) in [5, 5.41) is 3.38. The molecule has 0 radical (unpaired) electrons. The van der Waals surface area contributed by atoms with Crippen LogP contribution in [0.3, 0.4) is 0 Å². The second-order valence-electron chi connectivity index (χ2n) is 6.61. The first-order valence-electron chi connectivity index (χ1n) is 8.31. The Morgan fingerprint density at radius 2 is 2.04 bits per heavy atom. The highest BCUT2D eigenvalue weighted by molar-refractivity contribution is 14.0. The van der Waals surface area contributed by atoms with Crippen LogP contribution in [0.2, 0.25) is 0 Å². The lowest BCUT2D eigenvalue weighted by Crippen LogP contribution is -2.43. The van der Waals surface area contributed by atoms with Gasteiger partial charge in [-0.05, 0) is 31.1 Å². The summed E-state index contributed by atoms with van der Waals surface area (Å²) in [5.41, 5.74) is 0.562. The van der Waals surface area contributed by atoms with Crippen molar-refractivity contribution in [3.63, 3.8) is 0 Å². The van der Waals surface area contributed by atoms with E-state index in [2.05, 4.69) is 15.2 Å². The van der Waals surface area contributed by atoms with E-state index in [1.807, 2.05) is 14.0 Å². The van der Waals surface area contributed by atoms with Crippen LogP contribution in [0.15, 0.2) is 4.99 Å². The Balaban J connectivity index is 0.00000264. The predicted molar refractivity (Wildman–Crippen MR) is 106 cm³/mol. The maximum absolute atomic E-state index is 11.5. The Morgan fingerprint density at radius 1 is 1.35 bits per heavy atom. The van der Waals surface area contributed by atoms with Crippen molar-refractivity contribution in [3.8, 4) is 0 Å². The number of hydrogen-bond acceptors (Lipinski definition) is 3. The normalized spacial score (nSPS) is 20.5. The predicted octanol–water partition coefficient (Wildman–Crippen LogP) is 1.73. The van der Waals surface area contributed by atoms with Crippen LogP contribution in [0.5, 0.6) is 0 Å². The molecule has 1 saturated heterocycles. The van der Waals surface area contributed by atoms with Gasteiger partial charge in [0, 0.05) is 39.8 Å². The summed E-state index contributed by atoms with van der Waals surface area (Å²) in [6.07, 6.45) is 7.44. The summed E-state index contributed by atoms with van der Waals surface area (Å²) in [5.74, 6) is 0.964. The Hall–Kier alpha value is -0.0900. The third-order valence-electron chi connectivity index (χ3n) is 5.05. The SMILES string of the molecule is CCN(CCCNC(=NC)N1CCC2(CCC2)C1)S(C)(=O)=O.I. The van der Waals surface area contributed by atoms with Gasteiger partial charge in [-0.3, -0.25) is 4.99 Å². The quantitative estimate of drug-likeness (QED) is 0.285. The molecule has 0 aromatic heterocycles. The molecule has 1 spiro atoms. The van der Waals surface area contributed by atoms with Crippen molar-refractivity contribution in [3.05, 3.63) is 0 Å². The largest absolute Gasteiger partial charge is 0.356 e. The van der Waals surface area contributed by atoms with Gasteiger partial charge in [0.25, 0.3) is 0 Å². The Kier molecular flexibility index (Phi) is 8.06. The Labute approximate surface area is 158 Å². The van der Waals surface area contributed by atoms with Crippen molar-refractivity contribution >= 4 is 40.0 Å². The first-order valence-corrected chi connectivity index (χ1v) is 10.2. The van der Waals surface area contributed by atoms with Crippen LogP contribution in [0.1, 0.15) is 39.0 Å². The second kappa shape index (κ2) is 8.84. The summed E-state index contributed by atoms with van der Waals surface area (Å²) < 4.78 is 24.6. The topological polar surface area (TPSA) is 65.0 Å². The van der Waals surface area contributed by atoms with Gasteiger partial charge in [-0.25, -0.2) is 12.7 Å². The highest BCUT2D eigenvalue weighted by Crippen LogP contribution is 2.47. The smallest absolute Gasteiger partial charge is 0.211 e. The molecule has 136 valence electrons. The number of nitrogens with zero attached hydrogens (tertiary/aromatic N) is 3. The Bertz CT molecular complexity index is 506. The number of sulfonamides is 1. The maximum atomic E-state index is 11.5. The summed E-state index contributed by atoms with van der Waals surface area (Å²) in [6.45, 7) is 5.92. The number of hydrogen-bond donors (Lipinski definition) is 1. The lowest BCUT2D eigenvalue weighted by atomic mass is 9.68. The summed E-state index contributed by atoms with van der Waals surface area (Å²) in [4.78, 5) is 6.73. The van der Waals surface area contributed by atoms with Gasteiger partial charge in [0.2, 0.25) is 10.0 Å². The molecule has 1 saturated carbocycles. The van der Waals surface area contributed by atoms with Crippen LogP contribution in [0.4, 0.5) is 0 Å².